The van der Waals surface area contributed by atoms with E-state index in [2.05, 4.69) is 17.1 Å². The largest absolute Gasteiger partial charge is 0.497 e. The summed E-state index contributed by atoms with van der Waals surface area (Å²) in [5.41, 5.74) is 7.09. The van der Waals surface area contributed by atoms with Gasteiger partial charge in [0.25, 0.3) is 0 Å². The Morgan fingerprint density at radius 3 is 2.65 bits per heavy atom. The number of benzene rings is 1. The minimum atomic E-state index is 0.0991. The standard InChI is InChI=1S/C15H21N3O2/c1-3-12(16)10-14-17-15(20-18-14)9-6-11-4-7-13(19-2)8-5-11/h4-5,7-8,12H,3,6,9-10,16H2,1-2H3. The summed E-state index contributed by atoms with van der Waals surface area (Å²) in [6.07, 6.45) is 3.18. The summed E-state index contributed by atoms with van der Waals surface area (Å²) in [4.78, 5) is 4.36. The zero-order valence-corrected chi connectivity index (χ0v) is 12.0. The number of aryl methyl sites for hydroxylation is 2. The molecule has 5 nitrogen and oxygen atoms in total. The minimum absolute atomic E-state index is 0.0991. The second-order valence-corrected chi connectivity index (χ2v) is 4.82. The average Bonchev–Trinajstić information content (AvgIpc) is 2.93. The van der Waals surface area contributed by atoms with Crippen molar-refractivity contribution in [3.05, 3.63) is 41.5 Å². The first kappa shape index (κ1) is 14.5. The van der Waals surface area contributed by atoms with Crippen LogP contribution in [-0.2, 0) is 19.3 Å². The zero-order valence-electron chi connectivity index (χ0n) is 12.0. The number of nitrogens with two attached hydrogens (primary N) is 1. The predicted octanol–water partition coefficient (Wildman–Crippen LogP) is 2.14. The van der Waals surface area contributed by atoms with Crippen LogP contribution in [0.4, 0.5) is 0 Å². The van der Waals surface area contributed by atoms with Gasteiger partial charge in [-0.3, -0.25) is 0 Å². The molecule has 0 radical (unpaired) electrons. The molecular weight excluding hydrogens is 254 g/mol. The van der Waals surface area contributed by atoms with Crippen LogP contribution in [-0.4, -0.2) is 23.3 Å². The van der Waals surface area contributed by atoms with Crippen molar-refractivity contribution in [2.75, 3.05) is 7.11 Å². The number of hydrogen-bond acceptors (Lipinski definition) is 5. The Morgan fingerprint density at radius 2 is 2.00 bits per heavy atom. The normalized spacial score (nSPS) is 12.3. The molecule has 108 valence electrons. The van der Waals surface area contributed by atoms with E-state index in [0.29, 0.717) is 18.1 Å². The van der Waals surface area contributed by atoms with Crippen LogP contribution in [0.1, 0.15) is 30.6 Å². The SMILES string of the molecule is CCC(N)Cc1noc(CCc2ccc(OC)cc2)n1. The van der Waals surface area contributed by atoms with Crippen LogP contribution in [0.2, 0.25) is 0 Å². The summed E-state index contributed by atoms with van der Waals surface area (Å²) in [7, 11) is 1.66. The molecule has 0 aliphatic carbocycles. The number of methoxy groups -OCH3 is 1. The molecule has 1 aromatic heterocycles. The highest BCUT2D eigenvalue weighted by Gasteiger charge is 2.09. The van der Waals surface area contributed by atoms with Gasteiger partial charge in [-0.05, 0) is 30.5 Å². The third-order valence-electron chi connectivity index (χ3n) is 3.27. The number of ether oxygens (including phenoxy) is 1. The predicted molar refractivity (Wildman–Crippen MR) is 76.7 cm³/mol. The zero-order chi connectivity index (χ0) is 14.4. The highest BCUT2D eigenvalue weighted by molar-refractivity contribution is 5.27. The van der Waals surface area contributed by atoms with Gasteiger partial charge in [0.05, 0.1) is 7.11 Å². The maximum absolute atomic E-state index is 5.87. The number of aromatic nitrogens is 2. The van der Waals surface area contributed by atoms with E-state index in [9.17, 15) is 0 Å². The molecule has 0 aliphatic heterocycles. The van der Waals surface area contributed by atoms with Crippen LogP contribution >= 0.6 is 0 Å². The maximum atomic E-state index is 5.87. The van der Waals surface area contributed by atoms with Crippen molar-refractivity contribution in [3.63, 3.8) is 0 Å². The molecule has 0 fully saturated rings. The second kappa shape index (κ2) is 7.05. The third-order valence-corrected chi connectivity index (χ3v) is 3.27. The molecule has 20 heavy (non-hydrogen) atoms. The van der Waals surface area contributed by atoms with Gasteiger partial charge in [0.15, 0.2) is 5.82 Å². The van der Waals surface area contributed by atoms with Crippen LogP contribution in [0.3, 0.4) is 0 Å². The Bertz CT molecular complexity index is 522. The highest BCUT2D eigenvalue weighted by atomic mass is 16.5. The first-order valence-electron chi connectivity index (χ1n) is 6.91. The van der Waals surface area contributed by atoms with Gasteiger partial charge in [-0.1, -0.05) is 24.2 Å². The summed E-state index contributed by atoms with van der Waals surface area (Å²) in [6.45, 7) is 2.05. The van der Waals surface area contributed by atoms with Crippen LogP contribution in [0.15, 0.2) is 28.8 Å². The summed E-state index contributed by atoms with van der Waals surface area (Å²) in [6, 6.07) is 8.10. The fraction of sp³-hybridized carbons (Fsp3) is 0.467. The van der Waals surface area contributed by atoms with Gasteiger partial charge < -0.3 is 15.0 Å². The van der Waals surface area contributed by atoms with E-state index < -0.39 is 0 Å². The van der Waals surface area contributed by atoms with Crippen molar-refractivity contribution in [1.82, 2.24) is 10.1 Å². The summed E-state index contributed by atoms with van der Waals surface area (Å²) in [5.74, 6) is 2.23. The molecule has 1 unspecified atom stereocenters. The fourth-order valence-corrected chi connectivity index (χ4v) is 1.90. The molecule has 1 heterocycles. The summed E-state index contributed by atoms with van der Waals surface area (Å²) in [5, 5.41) is 3.96. The van der Waals surface area contributed by atoms with Crippen molar-refractivity contribution in [1.29, 1.82) is 0 Å². The van der Waals surface area contributed by atoms with Crippen LogP contribution in [0, 0.1) is 0 Å². The minimum Gasteiger partial charge on any atom is -0.497 e. The molecule has 1 aromatic carbocycles. The Morgan fingerprint density at radius 1 is 1.25 bits per heavy atom. The van der Waals surface area contributed by atoms with Gasteiger partial charge in [0.1, 0.15) is 5.75 Å². The third kappa shape index (κ3) is 4.06. The Balaban J connectivity index is 1.87. The van der Waals surface area contributed by atoms with Crippen LogP contribution < -0.4 is 10.5 Å². The molecule has 0 saturated heterocycles. The van der Waals surface area contributed by atoms with Gasteiger partial charge in [-0.25, -0.2) is 0 Å². The van der Waals surface area contributed by atoms with E-state index in [1.54, 1.807) is 7.11 Å². The van der Waals surface area contributed by atoms with Crippen molar-refractivity contribution < 1.29 is 9.26 Å². The van der Waals surface area contributed by atoms with E-state index in [1.165, 1.54) is 5.56 Å². The molecule has 0 aliphatic rings. The summed E-state index contributed by atoms with van der Waals surface area (Å²) >= 11 is 0. The number of hydrogen-bond donors (Lipinski definition) is 1. The van der Waals surface area contributed by atoms with E-state index in [1.807, 2.05) is 24.3 Å². The number of nitrogens with zero attached hydrogens (tertiary/aromatic N) is 2. The summed E-state index contributed by atoms with van der Waals surface area (Å²) < 4.78 is 10.4. The van der Waals surface area contributed by atoms with E-state index >= 15 is 0 Å². The van der Waals surface area contributed by atoms with E-state index in [-0.39, 0.29) is 6.04 Å². The smallest absolute Gasteiger partial charge is 0.226 e. The Labute approximate surface area is 119 Å². The maximum Gasteiger partial charge on any atom is 0.226 e. The van der Waals surface area contributed by atoms with Gasteiger partial charge in [0, 0.05) is 18.9 Å². The molecule has 2 rings (SSSR count). The van der Waals surface area contributed by atoms with Crippen LogP contribution in [0.5, 0.6) is 5.75 Å². The average molecular weight is 275 g/mol. The van der Waals surface area contributed by atoms with E-state index in [0.717, 1.165) is 25.0 Å². The second-order valence-electron chi connectivity index (χ2n) is 4.82. The molecule has 0 bridgehead atoms. The molecule has 5 heteroatoms. The highest BCUT2D eigenvalue weighted by Crippen LogP contribution is 2.13. The van der Waals surface area contributed by atoms with Crippen molar-refractivity contribution >= 4 is 0 Å². The lowest BCUT2D eigenvalue weighted by Gasteiger charge is -2.02. The first-order valence-corrected chi connectivity index (χ1v) is 6.91. The molecule has 2 aromatic rings. The van der Waals surface area contributed by atoms with E-state index in [4.69, 9.17) is 15.0 Å². The fourth-order valence-electron chi connectivity index (χ4n) is 1.90. The molecular formula is C15H21N3O2. The van der Waals surface area contributed by atoms with Crippen molar-refractivity contribution in [3.8, 4) is 5.75 Å². The lowest BCUT2D eigenvalue weighted by molar-refractivity contribution is 0.371. The lowest BCUT2D eigenvalue weighted by atomic mass is 10.1. The molecule has 0 spiro atoms. The van der Waals surface area contributed by atoms with Gasteiger partial charge in [0.2, 0.25) is 5.89 Å². The number of rotatable bonds is 7. The Kier molecular flexibility index (Phi) is 5.12. The van der Waals surface area contributed by atoms with Crippen molar-refractivity contribution in [2.24, 2.45) is 5.73 Å². The topological polar surface area (TPSA) is 74.2 Å². The molecule has 0 amide bonds. The van der Waals surface area contributed by atoms with Gasteiger partial charge >= 0.3 is 0 Å². The van der Waals surface area contributed by atoms with Crippen LogP contribution in [0.25, 0.3) is 0 Å². The molecule has 1 atom stereocenters. The van der Waals surface area contributed by atoms with Gasteiger partial charge in [-0.2, -0.15) is 4.98 Å². The molecule has 0 saturated carbocycles. The van der Waals surface area contributed by atoms with Crippen molar-refractivity contribution in [2.45, 2.75) is 38.6 Å². The monoisotopic (exact) mass is 275 g/mol. The first-order chi connectivity index (χ1) is 9.71. The molecule has 2 N–H and O–H groups in total. The Hall–Kier alpha value is -1.88. The quantitative estimate of drug-likeness (QED) is 0.838. The lowest BCUT2D eigenvalue weighted by Crippen LogP contribution is -2.22. The van der Waals surface area contributed by atoms with Gasteiger partial charge in [-0.15, -0.1) is 0 Å².